The SMILES string of the molecule is CCNC(=O)CC(NS(=O)(=O)c1ccc(Br)cc1)c1ccccc1. The Morgan fingerprint density at radius 1 is 1.08 bits per heavy atom. The van der Waals surface area contributed by atoms with Crippen LogP contribution in [0, 0.1) is 0 Å². The van der Waals surface area contributed by atoms with E-state index in [-0.39, 0.29) is 17.2 Å². The van der Waals surface area contributed by atoms with Gasteiger partial charge in [-0.2, -0.15) is 0 Å². The van der Waals surface area contributed by atoms with Crippen molar-refractivity contribution in [3.05, 3.63) is 64.6 Å². The zero-order valence-electron chi connectivity index (χ0n) is 13.2. The zero-order valence-corrected chi connectivity index (χ0v) is 15.6. The normalized spacial score (nSPS) is 12.6. The van der Waals surface area contributed by atoms with Crippen LogP contribution < -0.4 is 10.0 Å². The number of hydrogen-bond donors (Lipinski definition) is 2. The van der Waals surface area contributed by atoms with Crippen molar-refractivity contribution < 1.29 is 13.2 Å². The molecule has 0 heterocycles. The molecule has 7 heteroatoms. The Morgan fingerprint density at radius 3 is 2.29 bits per heavy atom. The minimum absolute atomic E-state index is 0.0353. The fourth-order valence-corrected chi connectivity index (χ4v) is 3.73. The molecule has 2 N–H and O–H groups in total. The highest BCUT2D eigenvalue weighted by molar-refractivity contribution is 9.10. The molecule has 0 aliphatic heterocycles. The third-order valence-corrected chi connectivity index (χ3v) is 5.40. The summed E-state index contributed by atoms with van der Waals surface area (Å²) in [5, 5.41) is 2.70. The summed E-state index contributed by atoms with van der Waals surface area (Å²) in [5.74, 6) is -0.204. The molecular formula is C17H19BrN2O3S. The molecule has 0 aromatic heterocycles. The van der Waals surface area contributed by atoms with E-state index in [2.05, 4.69) is 26.0 Å². The van der Waals surface area contributed by atoms with Crippen molar-refractivity contribution in [2.24, 2.45) is 0 Å². The van der Waals surface area contributed by atoms with Crippen molar-refractivity contribution in [1.29, 1.82) is 0 Å². The van der Waals surface area contributed by atoms with Gasteiger partial charge in [-0.25, -0.2) is 13.1 Å². The summed E-state index contributed by atoms with van der Waals surface area (Å²) in [4.78, 5) is 12.1. The van der Waals surface area contributed by atoms with Gasteiger partial charge in [0.05, 0.1) is 10.9 Å². The van der Waals surface area contributed by atoms with Crippen LogP contribution in [0.1, 0.15) is 24.9 Å². The van der Waals surface area contributed by atoms with Gasteiger partial charge < -0.3 is 5.32 Å². The number of carbonyl (C=O) groups is 1. The molecule has 0 spiro atoms. The molecule has 0 radical (unpaired) electrons. The lowest BCUT2D eigenvalue weighted by molar-refractivity contribution is -0.121. The minimum Gasteiger partial charge on any atom is -0.356 e. The number of benzene rings is 2. The lowest BCUT2D eigenvalue weighted by Gasteiger charge is -2.19. The molecule has 0 aliphatic rings. The lowest BCUT2D eigenvalue weighted by Crippen LogP contribution is -2.33. The molecule has 2 rings (SSSR count). The molecule has 0 saturated heterocycles. The Labute approximate surface area is 150 Å². The fourth-order valence-electron chi connectivity index (χ4n) is 2.24. The second kappa shape index (κ2) is 8.41. The molecule has 0 fully saturated rings. The largest absolute Gasteiger partial charge is 0.356 e. The van der Waals surface area contributed by atoms with Gasteiger partial charge in [-0.15, -0.1) is 0 Å². The van der Waals surface area contributed by atoms with Crippen molar-refractivity contribution in [2.75, 3.05) is 6.54 Å². The molecule has 128 valence electrons. The summed E-state index contributed by atoms with van der Waals surface area (Å²) in [5.41, 5.74) is 0.740. The van der Waals surface area contributed by atoms with E-state index in [1.165, 1.54) is 12.1 Å². The predicted octanol–water partition coefficient (Wildman–Crippen LogP) is 2.99. The van der Waals surface area contributed by atoms with Crippen LogP contribution in [0.5, 0.6) is 0 Å². The Bertz CT molecular complexity index is 777. The smallest absolute Gasteiger partial charge is 0.241 e. The van der Waals surface area contributed by atoms with Gasteiger partial charge in [0.25, 0.3) is 0 Å². The van der Waals surface area contributed by atoms with Gasteiger partial charge in [0.15, 0.2) is 0 Å². The summed E-state index contributed by atoms with van der Waals surface area (Å²) in [6.45, 7) is 2.32. The third-order valence-electron chi connectivity index (χ3n) is 3.39. The standard InChI is InChI=1S/C17H19BrN2O3S/c1-2-19-17(21)12-16(13-6-4-3-5-7-13)20-24(22,23)15-10-8-14(18)9-11-15/h3-11,16,20H,2,12H2,1H3,(H,19,21). The van der Waals surface area contributed by atoms with Crippen LogP contribution in [-0.2, 0) is 14.8 Å². The molecule has 1 unspecified atom stereocenters. The third kappa shape index (κ3) is 5.15. The highest BCUT2D eigenvalue weighted by atomic mass is 79.9. The maximum Gasteiger partial charge on any atom is 0.241 e. The van der Waals surface area contributed by atoms with Gasteiger partial charge in [0.1, 0.15) is 0 Å². The molecule has 1 atom stereocenters. The van der Waals surface area contributed by atoms with Crippen molar-refractivity contribution in [3.63, 3.8) is 0 Å². The number of sulfonamides is 1. The summed E-state index contributed by atoms with van der Waals surface area (Å²) in [7, 11) is -3.74. The van der Waals surface area contributed by atoms with Crippen LogP contribution in [-0.4, -0.2) is 20.9 Å². The van der Waals surface area contributed by atoms with E-state index < -0.39 is 16.1 Å². The monoisotopic (exact) mass is 410 g/mol. The highest BCUT2D eigenvalue weighted by Gasteiger charge is 2.23. The summed E-state index contributed by atoms with van der Waals surface area (Å²) in [6.07, 6.45) is 0.0353. The van der Waals surface area contributed by atoms with Crippen LogP contribution in [0.15, 0.2) is 64.0 Å². The number of halogens is 1. The van der Waals surface area contributed by atoms with Crippen LogP contribution in [0.4, 0.5) is 0 Å². The summed E-state index contributed by atoms with van der Waals surface area (Å²) in [6, 6.07) is 14.8. The second-order valence-corrected chi connectivity index (χ2v) is 7.83. The van der Waals surface area contributed by atoms with E-state index >= 15 is 0 Å². The topological polar surface area (TPSA) is 75.3 Å². The van der Waals surface area contributed by atoms with Gasteiger partial charge in [-0.05, 0) is 36.8 Å². The number of nitrogens with one attached hydrogen (secondary N) is 2. The van der Waals surface area contributed by atoms with Crippen LogP contribution >= 0.6 is 15.9 Å². The average molecular weight is 411 g/mol. The maximum absolute atomic E-state index is 12.6. The van der Waals surface area contributed by atoms with Gasteiger partial charge in [-0.1, -0.05) is 46.3 Å². The first-order valence-electron chi connectivity index (χ1n) is 7.52. The van der Waals surface area contributed by atoms with Crippen molar-refractivity contribution in [1.82, 2.24) is 10.0 Å². The van der Waals surface area contributed by atoms with E-state index in [4.69, 9.17) is 0 Å². The Kier molecular flexibility index (Phi) is 6.53. The van der Waals surface area contributed by atoms with E-state index in [1.54, 1.807) is 24.3 Å². The van der Waals surface area contributed by atoms with E-state index in [1.807, 2.05) is 25.1 Å². The van der Waals surface area contributed by atoms with Gasteiger partial charge >= 0.3 is 0 Å². The molecule has 5 nitrogen and oxygen atoms in total. The summed E-state index contributed by atoms with van der Waals surface area (Å²) < 4.78 is 28.6. The quantitative estimate of drug-likeness (QED) is 0.736. The number of rotatable bonds is 7. The van der Waals surface area contributed by atoms with Gasteiger partial charge in [0.2, 0.25) is 15.9 Å². The molecule has 0 bridgehead atoms. The fraction of sp³-hybridized carbons (Fsp3) is 0.235. The Balaban J connectivity index is 2.27. The van der Waals surface area contributed by atoms with E-state index in [0.29, 0.717) is 6.54 Å². The van der Waals surface area contributed by atoms with Crippen molar-refractivity contribution >= 4 is 31.9 Å². The number of amides is 1. The number of hydrogen-bond acceptors (Lipinski definition) is 3. The molecule has 0 saturated carbocycles. The number of carbonyl (C=O) groups excluding carboxylic acids is 1. The first-order chi connectivity index (χ1) is 11.4. The lowest BCUT2D eigenvalue weighted by atomic mass is 10.0. The summed E-state index contributed by atoms with van der Waals surface area (Å²) >= 11 is 3.28. The van der Waals surface area contributed by atoms with Gasteiger partial charge in [-0.3, -0.25) is 4.79 Å². The predicted molar refractivity (Wildman–Crippen MR) is 96.9 cm³/mol. The van der Waals surface area contributed by atoms with E-state index in [0.717, 1.165) is 10.0 Å². The van der Waals surface area contributed by atoms with Crippen molar-refractivity contribution in [3.8, 4) is 0 Å². The Morgan fingerprint density at radius 2 is 1.71 bits per heavy atom. The first-order valence-corrected chi connectivity index (χ1v) is 9.79. The molecule has 1 amide bonds. The molecule has 24 heavy (non-hydrogen) atoms. The molecule has 2 aromatic rings. The van der Waals surface area contributed by atoms with Crippen LogP contribution in [0.2, 0.25) is 0 Å². The van der Waals surface area contributed by atoms with Crippen LogP contribution in [0.3, 0.4) is 0 Å². The molecular weight excluding hydrogens is 392 g/mol. The van der Waals surface area contributed by atoms with E-state index in [9.17, 15) is 13.2 Å². The minimum atomic E-state index is -3.74. The molecule has 2 aromatic carbocycles. The zero-order chi connectivity index (χ0) is 17.6. The second-order valence-electron chi connectivity index (χ2n) is 5.20. The van der Waals surface area contributed by atoms with Crippen molar-refractivity contribution in [2.45, 2.75) is 24.3 Å². The highest BCUT2D eigenvalue weighted by Crippen LogP contribution is 2.21. The average Bonchev–Trinajstić information content (AvgIpc) is 2.55. The van der Waals surface area contributed by atoms with Crippen LogP contribution in [0.25, 0.3) is 0 Å². The Hall–Kier alpha value is -1.70. The molecule has 0 aliphatic carbocycles. The first kappa shape index (κ1) is 18.6. The van der Waals surface area contributed by atoms with Gasteiger partial charge in [0, 0.05) is 17.4 Å². The maximum atomic E-state index is 12.6.